The Morgan fingerprint density at radius 2 is 2.24 bits per heavy atom. The smallest absolute Gasteiger partial charge is 0.187 e. The van der Waals surface area contributed by atoms with Gasteiger partial charge >= 0.3 is 0 Å². The summed E-state index contributed by atoms with van der Waals surface area (Å²) in [6, 6.07) is 0. The molecule has 1 saturated carbocycles. The van der Waals surface area contributed by atoms with Gasteiger partial charge in [0.1, 0.15) is 6.10 Å². The van der Waals surface area contributed by atoms with E-state index in [2.05, 4.69) is 15.4 Å². The summed E-state index contributed by atoms with van der Waals surface area (Å²) in [5, 5.41) is 0. The first-order valence-corrected chi connectivity index (χ1v) is 5.79. The molecular weight excluding hydrogens is 223 g/mol. The summed E-state index contributed by atoms with van der Waals surface area (Å²) >= 11 is 0. The minimum Gasteiger partial charge on any atom is -0.370 e. The SMILES string of the molecule is CCOC(c1nc(C)c(F)c(NN)n1)C1CC1. The molecule has 1 atom stereocenters. The van der Waals surface area contributed by atoms with Crippen molar-refractivity contribution in [3.63, 3.8) is 0 Å². The molecule has 6 heteroatoms. The highest BCUT2D eigenvalue weighted by Gasteiger charge is 2.35. The Hall–Kier alpha value is -1.27. The van der Waals surface area contributed by atoms with Crippen molar-refractivity contribution in [3.8, 4) is 0 Å². The highest BCUT2D eigenvalue weighted by atomic mass is 19.1. The first kappa shape index (κ1) is 12.2. The zero-order chi connectivity index (χ0) is 12.4. The van der Waals surface area contributed by atoms with Crippen LogP contribution in [0.1, 0.15) is 37.4 Å². The topological polar surface area (TPSA) is 73.1 Å². The first-order chi connectivity index (χ1) is 8.17. The van der Waals surface area contributed by atoms with Crippen LogP contribution in [0, 0.1) is 18.7 Å². The maximum absolute atomic E-state index is 13.5. The molecule has 94 valence electrons. The average molecular weight is 240 g/mol. The van der Waals surface area contributed by atoms with E-state index in [-0.39, 0.29) is 17.6 Å². The summed E-state index contributed by atoms with van der Waals surface area (Å²) in [5.41, 5.74) is 2.54. The molecule has 0 bridgehead atoms. The van der Waals surface area contributed by atoms with Crippen molar-refractivity contribution in [3.05, 3.63) is 17.3 Å². The molecule has 1 fully saturated rings. The van der Waals surface area contributed by atoms with Crippen LogP contribution in [0.3, 0.4) is 0 Å². The van der Waals surface area contributed by atoms with Crippen molar-refractivity contribution in [2.75, 3.05) is 12.0 Å². The molecule has 0 aliphatic heterocycles. The summed E-state index contributed by atoms with van der Waals surface area (Å²) in [5.74, 6) is 5.71. The van der Waals surface area contributed by atoms with E-state index < -0.39 is 5.82 Å². The summed E-state index contributed by atoms with van der Waals surface area (Å²) in [4.78, 5) is 8.24. The van der Waals surface area contributed by atoms with Gasteiger partial charge in [0, 0.05) is 6.61 Å². The fraction of sp³-hybridized carbons (Fsp3) is 0.636. The van der Waals surface area contributed by atoms with Crippen molar-refractivity contribution < 1.29 is 9.13 Å². The van der Waals surface area contributed by atoms with Gasteiger partial charge in [-0.15, -0.1) is 0 Å². The van der Waals surface area contributed by atoms with E-state index in [9.17, 15) is 4.39 Å². The van der Waals surface area contributed by atoms with Crippen LogP contribution >= 0.6 is 0 Å². The Morgan fingerprint density at radius 3 is 2.76 bits per heavy atom. The Morgan fingerprint density at radius 1 is 1.53 bits per heavy atom. The molecule has 0 spiro atoms. The van der Waals surface area contributed by atoms with Gasteiger partial charge in [-0.05, 0) is 32.6 Å². The quantitative estimate of drug-likeness (QED) is 0.605. The van der Waals surface area contributed by atoms with Crippen LogP contribution < -0.4 is 11.3 Å². The van der Waals surface area contributed by atoms with E-state index in [1.54, 1.807) is 6.92 Å². The number of hydrogen-bond acceptors (Lipinski definition) is 5. The van der Waals surface area contributed by atoms with Crippen LogP contribution in [-0.2, 0) is 4.74 Å². The van der Waals surface area contributed by atoms with Crippen molar-refractivity contribution in [2.24, 2.45) is 11.8 Å². The Kier molecular flexibility index (Phi) is 3.54. The third-order valence-electron chi connectivity index (χ3n) is 2.82. The van der Waals surface area contributed by atoms with E-state index in [1.165, 1.54) is 0 Å². The molecule has 1 aliphatic rings. The molecule has 1 unspecified atom stereocenters. The van der Waals surface area contributed by atoms with Crippen molar-refractivity contribution >= 4 is 5.82 Å². The molecule has 17 heavy (non-hydrogen) atoms. The molecule has 1 aromatic heterocycles. The van der Waals surface area contributed by atoms with Crippen LogP contribution in [0.2, 0.25) is 0 Å². The van der Waals surface area contributed by atoms with Gasteiger partial charge < -0.3 is 10.2 Å². The lowest BCUT2D eigenvalue weighted by atomic mass is 10.2. The Balaban J connectivity index is 2.32. The number of nitrogens with zero attached hydrogens (tertiary/aromatic N) is 2. The molecule has 1 heterocycles. The fourth-order valence-electron chi connectivity index (χ4n) is 1.80. The lowest BCUT2D eigenvalue weighted by Gasteiger charge is -2.16. The number of nitrogens with one attached hydrogen (secondary N) is 1. The molecule has 0 saturated heterocycles. The predicted octanol–water partition coefficient (Wildman–Crippen LogP) is 1.70. The summed E-state index contributed by atoms with van der Waals surface area (Å²) in [7, 11) is 0. The average Bonchev–Trinajstić information content (AvgIpc) is 3.13. The van der Waals surface area contributed by atoms with Gasteiger partial charge in [-0.2, -0.15) is 0 Å². The summed E-state index contributed by atoms with van der Waals surface area (Å²) < 4.78 is 19.2. The number of aryl methyl sites for hydroxylation is 1. The van der Waals surface area contributed by atoms with E-state index in [4.69, 9.17) is 10.6 Å². The monoisotopic (exact) mass is 240 g/mol. The van der Waals surface area contributed by atoms with Gasteiger partial charge in [-0.25, -0.2) is 20.2 Å². The number of aromatic nitrogens is 2. The standard InChI is InChI=1S/C11H17FN4O/c1-3-17-9(7-4-5-7)11-14-6(2)8(12)10(15-11)16-13/h7,9H,3-5,13H2,1-2H3,(H,14,15,16). The molecule has 1 aliphatic carbocycles. The molecule has 1 aromatic rings. The van der Waals surface area contributed by atoms with Gasteiger partial charge in [0.2, 0.25) is 0 Å². The summed E-state index contributed by atoms with van der Waals surface area (Å²) in [6.07, 6.45) is 2.07. The van der Waals surface area contributed by atoms with Gasteiger partial charge in [0.05, 0.1) is 5.69 Å². The Labute approximate surface area is 99.6 Å². The van der Waals surface area contributed by atoms with Gasteiger partial charge in [-0.3, -0.25) is 0 Å². The van der Waals surface area contributed by atoms with Gasteiger partial charge in [0.15, 0.2) is 17.5 Å². The normalized spacial score (nSPS) is 16.9. The molecular formula is C11H17FN4O. The fourth-order valence-corrected chi connectivity index (χ4v) is 1.80. The van der Waals surface area contributed by atoms with Crippen LogP contribution in [0.4, 0.5) is 10.2 Å². The number of rotatable bonds is 5. The van der Waals surface area contributed by atoms with E-state index in [0.717, 1.165) is 12.8 Å². The number of anilines is 1. The largest absolute Gasteiger partial charge is 0.370 e. The van der Waals surface area contributed by atoms with Crippen molar-refractivity contribution in [1.29, 1.82) is 0 Å². The maximum Gasteiger partial charge on any atom is 0.187 e. The first-order valence-electron chi connectivity index (χ1n) is 5.79. The van der Waals surface area contributed by atoms with Gasteiger partial charge in [0.25, 0.3) is 0 Å². The third-order valence-corrected chi connectivity index (χ3v) is 2.82. The molecule has 3 N–H and O–H groups in total. The van der Waals surface area contributed by atoms with Crippen molar-refractivity contribution in [2.45, 2.75) is 32.8 Å². The molecule has 2 rings (SSSR count). The molecule has 5 nitrogen and oxygen atoms in total. The number of ether oxygens (including phenoxy) is 1. The van der Waals surface area contributed by atoms with Crippen LogP contribution in [0.15, 0.2) is 0 Å². The Bertz CT molecular complexity index is 409. The zero-order valence-corrected chi connectivity index (χ0v) is 10.0. The summed E-state index contributed by atoms with van der Waals surface area (Å²) in [6.45, 7) is 4.11. The van der Waals surface area contributed by atoms with Gasteiger partial charge in [-0.1, -0.05) is 0 Å². The van der Waals surface area contributed by atoms with Crippen LogP contribution in [-0.4, -0.2) is 16.6 Å². The maximum atomic E-state index is 13.5. The van der Waals surface area contributed by atoms with E-state index in [0.29, 0.717) is 18.3 Å². The van der Waals surface area contributed by atoms with Crippen LogP contribution in [0.5, 0.6) is 0 Å². The second-order valence-electron chi connectivity index (χ2n) is 4.19. The number of hydrazine groups is 1. The zero-order valence-electron chi connectivity index (χ0n) is 10.0. The number of nitrogens with two attached hydrogens (primary N) is 1. The molecule has 0 amide bonds. The third kappa shape index (κ3) is 2.53. The predicted molar refractivity (Wildman–Crippen MR) is 61.6 cm³/mol. The van der Waals surface area contributed by atoms with Crippen molar-refractivity contribution in [1.82, 2.24) is 9.97 Å². The minimum absolute atomic E-state index is 0.0258. The van der Waals surface area contributed by atoms with Crippen LogP contribution in [0.25, 0.3) is 0 Å². The van der Waals surface area contributed by atoms with E-state index >= 15 is 0 Å². The van der Waals surface area contributed by atoms with E-state index in [1.807, 2.05) is 6.92 Å². The molecule has 0 aromatic carbocycles. The lowest BCUT2D eigenvalue weighted by Crippen LogP contribution is -2.17. The molecule has 0 radical (unpaired) electrons. The highest BCUT2D eigenvalue weighted by molar-refractivity contribution is 5.36. The minimum atomic E-state index is -0.512. The number of halogens is 1. The highest BCUT2D eigenvalue weighted by Crippen LogP contribution is 2.42. The number of nitrogen functional groups attached to an aromatic ring is 1. The second-order valence-corrected chi connectivity index (χ2v) is 4.19. The number of hydrogen-bond donors (Lipinski definition) is 2. The lowest BCUT2D eigenvalue weighted by molar-refractivity contribution is 0.0399. The second kappa shape index (κ2) is 4.93.